The molecule has 1 heterocycles. The number of halogens is 1. The van der Waals surface area contributed by atoms with Gasteiger partial charge in [0.2, 0.25) is 12.4 Å². The van der Waals surface area contributed by atoms with Crippen LogP contribution >= 0.6 is 15.9 Å². The lowest BCUT2D eigenvalue weighted by molar-refractivity contribution is -0.905. The van der Waals surface area contributed by atoms with E-state index < -0.39 is 4.92 Å². The van der Waals surface area contributed by atoms with E-state index in [4.69, 9.17) is 5.21 Å². The summed E-state index contributed by atoms with van der Waals surface area (Å²) < 4.78 is 0.976. The molecule has 1 aromatic heterocycles. The fourth-order valence-electron chi connectivity index (χ4n) is 0.600. The fraction of sp³-hybridized carbons (Fsp3) is 0. The minimum absolute atomic E-state index is 0.0738. The van der Waals surface area contributed by atoms with Crippen LogP contribution in [0.5, 0.6) is 0 Å². The van der Waals surface area contributed by atoms with Gasteiger partial charge in [-0.3, -0.25) is 15.3 Å². The Hall–Kier alpha value is -1.17. The first-order valence-electron chi connectivity index (χ1n) is 2.65. The van der Waals surface area contributed by atoms with Gasteiger partial charge in [0, 0.05) is 4.73 Å². The van der Waals surface area contributed by atoms with Gasteiger partial charge in [-0.05, 0) is 15.9 Å². The second-order valence-electron chi connectivity index (χ2n) is 1.82. The van der Waals surface area contributed by atoms with E-state index in [2.05, 4.69) is 15.9 Å². The van der Waals surface area contributed by atoms with Crippen LogP contribution in [0.25, 0.3) is 0 Å². The summed E-state index contributed by atoms with van der Waals surface area (Å²) in [6.07, 6.45) is 2.38. The summed E-state index contributed by atoms with van der Waals surface area (Å²) in [6, 6.07) is 1.20. The maximum Gasteiger partial charge on any atom is 0.295 e. The predicted octanol–water partition coefficient (Wildman–Crippen LogP) is 0.882. The molecular formula is C5H4BrN2O3+. The molecular weight excluding hydrogens is 216 g/mol. The van der Waals surface area contributed by atoms with Crippen molar-refractivity contribution < 1.29 is 14.9 Å². The molecule has 0 saturated carbocycles. The van der Waals surface area contributed by atoms with E-state index in [9.17, 15) is 10.1 Å². The largest absolute Gasteiger partial charge is 0.295 e. The van der Waals surface area contributed by atoms with E-state index in [0.717, 1.165) is 4.73 Å². The SMILES string of the molecule is O=[N+]([O-])c1cc[n+](O)cc1Br. The fourth-order valence-corrected chi connectivity index (χ4v) is 1.09. The normalized spacial score (nSPS) is 9.55. The van der Waals surface area contributed by atoms with Gasteiger partial charge in [-0.15, -0.1) is 0 Å². The average molecular weight is 220 g/mol. The monoisotopic (exact) mass is 219 g/mol. The van der Waals surface area contributed by atoms with E-state index in [1.54, 1.807) is 0 Å². The van der Waals surface area contributed by atoms with Crippen molar-refractivity contribution in [3.05, 3.63) is 33.0 Å². The number of aromatic nitrogens is 1. The van der Waals surface area contributed by atoms with Crippen LogP contribution in [0, 0.1) is 10.1 Å². The quantitative estimate of drug-likeness (QED) is 0.330. The number of rotatable bonds is 1. The third kappa shape index (κ3) is 1.64. The Morgan fingerprint density at radius 1 is 1.73 bits per heavy atom. The molecule has 11 heavy (non-hydrogen) atoms. The second-order valence-corrected chi connectivity index (χ2v) is 2.67. The van der Waals surface area contributed by atoms with Crippen molar-refractivity contribution in [2.24, 2.45) is 0 Å². The van der Waals surface area contributed by atoms with Crippen LogP contribution < -0.4 is 4.73 Å². The Balaban J connectivity index is 3.20. The predicted molar refractivity (Wildman–Crippen MR) is 38.2 cm³/mol. The number of nitro groups is 1. The lowest BCUT2D eigenvalue weighted by Gasteiger charge is -1.89. The van der Waals surface area contributed by atoms with Crippen molar-refractivity contribution in [2.75, 3.05) is 0 Å². The summed E-state index contributed by atoms with van der Waals surface area (Å²) >= 11 is 2.93. The van der Waals surface area contributed by atoms with Crippen LogP contribution in [0.15, 0.2) is 22.9 Å². The highest BCUT2D eigenvalue weighted by atomic mass is 79.9. The molecule has 0 amide bonds. The van der Waals surface area contributed by atoms with Gasteiger partial charge in [0.15, 0.2) is 4.47 Å². The Kier molecular flexibility index (Phi) is 2.04. The summed E-state index contributed by atoms with van der Waals surface area (Å²) in [6.45, 7) is 0. The molecule has 6 heteroatoms. The molecule has 1 aromatic rings. The number of pyridine rings is 1. The maximum absolute atomic E-state index is 10.2. The Morgan fingerprint density at radius 2 is 2.36 bits per heavy atom. The van der Waals surface area contributed by atoms with Crippen molar-refractivity contribution in [1.82, 2.24) is 0 Å². The zero-order chi connectivity index (χ0) is 8.43. The van der Waals surface area contributed by atoms with Gasteiger partial charge < -0.3 is 0 Å². The second kappa shape index (κ2) is 2.83. The Bertz CT molecular complexity index is 302. The van der Waals surface area contributed by atoms with Gasteiger partial charge in [-0.1, -0.05) is 0 Å². The van der Waals surface area contributed by atoms with Gasteiger partial charge in [0.05, 0.1) is 11.0 Å². The molecule has 0 unspecified atom stereocenters. The molecule has 0 aliphatic rings. The third-order valence-electron chi connectivity index (χ3n) is 1.07. The molecule has 1 rings (SSSR count). The minimum atomic E-state index is -0.538. The highest BCUT2D eigenvalue weighted by molar-refractivity contribution is 9.10. The molecule has 0 saturated heterocycles. The van der Waals surface area contributed by atoms with Crippen LogP contribution in [0.3, 0.4) is 0 Å². The van der Waals surface area contributed by atoms with Crippen LogP contribution in [0.2, 0.25) is 0 Å². The van der Waals surface area contributed by atoms with Crippen molar-refractivity contribution in [3.8, 4) is 0 Å². The number of nitrogens with zero attached hydrogens (tertiary/aromatic N) is 2. The highest BCUT2D eigenvalue weighted by Crippen LogP contribution is 2.20. The van der Waals surface area contributed by atoms with Gasteiger partial charge in [-0.25, -0.2) is 0 Å². The molecule has 0 bridgehead atoms. The molecule has 0 aliphatic carbocycles. The van der Waals surface area contributed by atoms with E-state index in [1.165, 1.54) is 18.5 Å². The first kappa shape index (κ1) is 7.93. The maximum atomic E-state index is 10.2. The van der Waals surface area contributed by atoms with Crippen molar-refractivity contribution in [1.29, 1.82) is 0 Å². The molecule has 0 spiro atoms. The summed E-state index contributed by atoms with van der Waals surface area (Å²) in [4.78, 5) is 9.68. The molecule has 0 fully saturated rings. The van der Waals surface area contributed by atoms with Crippen LogP contribution in [-0.2, 0) is 0 Å². The average Bonchev–Trinajstić information content (AvgIpc) is 1.85. The van der Waals surface area contributed by atoms with E-state index >= 15 is 0 Å². The van der Waals surface area contributed by atoms with Crippen molar-refractivity contribution >= 4 is 21.6 Å². The van der Waals surface area contributed by atoms with Gasteiger partial charge in [0.1, 0.15) is 0 Å². The van der Waals surface area contributed by atoms with Crippen LogP contribution in [0.4, 0.5) is 5.69 Å². The lowest BCUT2D eigenvalue weighted by Crippen LogP contribution is -2.28. The van der Waals surface area contributed by atoms with Gasteiger partial charge >= 0.3 is 0 Å². The van der Waals surface area contributed by atoms with Gasteiger partial charge in [-0.2, -0.15) is 0 Å². The molecule has 0 aromatic carbocycles. The Morgan fingerprint density at radius 3 is 2.82 bits per heavy atom. The number of hydrogen-bond donors (Lipinski definition) is 1. The summed E-state index contributed by atoms with van der Waals surface area (Å²) in [5, 5.41) is 19.0. The number of hydrogen-bond acceptors (Lipinski definition) is 3. The van der Waals surface area contributed by atoms with Crippen molar-refractivity contribution in [3.63, 3.8) is 0 Å². The Labute approximate surface area is 70.1 Å². The molecule has 5 nitrogen and oxygen atoms in total. The molecule has 0 atom stereocenters. The summed E-state index contributed by atoms with van der Waals surface area (Å²) in [5.74, 6) is 0. The molecule has 58 valence electrons. The lowest BCUT2D eigenvalue weighted by atomic mass is 10.4. The summed E-state index contributed by atoms with van der Waals surface area (Å²) in [5.41, 5.74) is -0.0738. The zero-order valence-electron chi connectivity index (χ0n) is 5.27. The van der Waals surface area contributed by atoms with E-state index in [0.29, 0.717) is 0 Å². The molecule has 0 radical (unpaired) electrons. The summed E-state index contributed by atoms with van der Waals surface area (Å²) in [7, 11) is 0. The van der Waals surface area contributed by atoms with Crippen LogP contribution in [0.1, 0.15) is 0 Å². The van der Waals surface area contributed by atoms with Crippen LogP contribution in [-0.4, -0.2) is 10.1 Å². The highest BCUT2D eigenvalue weighted by Gasteiger charge is 2.15. The third-order valence-corrected chi connectivity index (χ3v) is 1.68. The van der Waals surface area contributed by atoms with Gasteiger partial charge in [0.25, 0.3) is 5.69 Å². The first-order chi connectivity index (χ1) is 5.11. The van der Waals surface area contributed by atoms with E-state index in [1.807, 2.05) is 0 Å². The van der Waals surface area contributed by atoms with E-state index in [-0.39, 0.29) is 10.2 Å². The standard InChI is InChI=1S/C5H4BrN2O3/c6-4-3-7(9)2-1-5(4)8(10)11/h1-3,9H/q+1. The topological polar surface area (TPSA) is 67.2 Å². The zero-order valence-corrected chi connectivity index (χ0v) is 6.85. The smallest absolute Gasteiger partial charge is 0.285 e. The van der Waals surface area contributed by atoms with Crippen molar-refractivity contribution in [2.45, 2.75) is 0 Å². The minimum Gasteiger partial charge on any atom is -0.285 e. The first-order valence-corrected chi connectivity index (χ1v) is 3.45. The molecule has 1 N–H and O–H groups in total. The molecule has 0 aliphatic heterocycles.